The van der Waals surface area contributed by atoms with Crippen molar-refractivity contribution in [3.8, 4) is 0 Å². The van der Waals surface area contributed by atoms with Gasteiger partial charge in [-0.15, -0.1) is 0 Å². The summed E-state index contributed by atoms with van der Waals surface area (Å²) in [4.78, 5) is 16.4. The topological polar surface area (TPSA) is 28.5 Å². The minimum atomic E-state index is -0.217. The van der Waals surface area contributed by atoms with E-state index in [1.165, 1.54) is 12.1 Å². The van der Waals surface area contributed by atoms with Gasteiger partial charge in [-0.3, -0.25) is 4.79 Å². The number of benzene rings is 1. The summed E-state index contributed by atoms with van der Waals surface area (Å²) in [6.45, 7) is 3.96. The molecule has 1 aliphatic heterocycles. The number of halogens is 1. The van der Waals surface area contributed by atoms with Gasteiger partial charge in [0.05, 0.1) is 0 Å². The Morgan fingerprint density at radius 3 is 2.30 bits per heavy atom. The molecule has 1 fully saturated rings. The van der Waals surface area contributed by atoms with Gasteiger partial charge in [0.1, 0.15) is 5.82 Å². The van der Waals surface area contributed by atoms with Crippen molar-refractivity contribution in [1.29, 1.82) is 0 Å². The highest BCUT2D eigenvalue weighted by atomic mass is 19.1. The van der Waals surface area contributed by atoms with Crippen LogP contribution in [0.5, 0.6) is 0 Å². The fourth-order valence-corrected chi connectivity index (χ4v) is 2.96. The maximum Gasteiger partial charge on any atom is 0.222 e. The van der Waals surface area contributed by atoms with Gasteiger partial charge in [0.15, 0.2) is 0 Å². The highest BCUT2D eigenvalue weighted by Crippen LogP contribution is 2.17. The van der Waals surface area contributed by atoms with Crippen molar-refractivity contribution in [1.82, 2.24) is 9.47 Å². The van der Waals surface area contributed by atoms with Crippen molar-refractivity contribution in [2.45, 2.75) is 19.4 Å². The third-order valence-corrected chi connectivity index (χ3v) is 4.30. The SMILES string of the molecule is O=C(CCCn1cccc1)N1CCN(c2ccc(F)cc2)CC1. The van der Waals surface area contributed by atoms with E-state index in [-0.39, 0.29) is 11.7 Å². The Hall–Kier alpha value is -2.30. The van der Waals surface area contributed by atoms with Gasteiger partial charge in [0.25, 0.3) is 0 Å². The van der Waals surface area contributed by atoms with Gasteiger partial charge in [-0.25, -0.2) is 4.39 Å². The lowest BCUT2D eigenvalue weighted by Crippen LogP contribution is -2.48. The third-order valence-electron chi connectivity index (χ3n) is 4.30. The molecule has 122 valence electrons. The molecule has 5 heteroatoms. The van der Waals surface area contributed by atoms with E-state index in [0.29, 0.717) is 6.42 Å². The number of amides is 1. The fraction of sp³-hybridized carbons (Fsp3) is 0.389. The van der Waals surface area contributed by atoms with Crippen LogP contribution in [0.2, 0.25) is 0 Å². The third kappa shape index (κ3) is 4.12. The van der Waals surface area contributed by atoms with E-state index >= 15 is 0 Å². The minimum absolute atomic E-state index is 0.217. The molecule has 4 nitrogen and oxygen atoms in total. The number of anilines is 1. The molecule has 0 atom stereocenters. The van der Waals surface area contributed by atoms with Gasteiger partial charge < -0.3 is 14.4 Å². The molecule has 0 aliphatic carbocycles. The number of hydrogen-bond acceptors (Lipinski definition) is 2. The van der Waals surface area contributed by atoms with Gasteiger partial charge in [0.2, 0.25) is 5.91 Å². The zero-order valence-corrected chi connectivity index (χ0v) is 13.2. The number of piperazine rings is 1. The molecule has 1 aliphatic rings. The first-order valence-electron chi connectivity index (χ1n) is 8.11. The Morgan fingerprint density at radius 2 is 1.65 bits per heavy atom. The van der Waals surface area contributed by atoms with E-state index in [0.717, 1.165) is 44.8 Å². The molecule has 0 bridgehead atoms. The van der Waals surface area contributed by atoms with Crippen LogP contribution in [0.1, 0.15) is 12.8 Å². The predicted octanol–water partition coefficient (Wildman–Crippen LogP) is 2.76. The van der Waals surface area contributed by atoms with Crippen molar-refractivity contribution in [2.75, 3.05) is 31.1 Å². The molecule has 1 saturated heterocycles. The van der Waals surface area contributed by atoms with Gasteiger partial charge in [-0.05, 0) is 42.8 Å². The van der Waals surface area contributed by atoms with Crippen molar-refractivity contribution in [2.24, 2.45) is 0 Å². The molecular formula is C18H22FN3O. The van der Waals surface area contributed by atoms with E-state index in [1.807, 2.05) is 29.4 Å². The maximum absolute atomic E-state index is 13.0. The van der Waals surface area contributed by atoms with Gasteiger partial charge in [-0.1, -0.05) is 0 Å². The van der Waals surface area contributed by atoms with Crippen LogP contribution < -0.4 is 4.90 Å². The van der Waals surface area contributed by atoms with Crippen molar-refractivity contribution >= 4 is 11.6 Å². The highest BCUT2D eigenvalue weighted by molar-refractivity contribution is 5.76. The van der Waals surface area contributed by atoms with Crippen molar-refractivity contribution in [3.05, 3.63) is 54.6 Å². The number of carbonyl (C=O) groups is 1. The molecule has 0 saturated carbocycles. The number of nitrogens with zero attached hydrogens (tertiary/aromatic N) is 3. The number of carbonyl (C=O) groups excluding carboxylic acids is 1. The van der Waals surface area contributed by atoms with Crippen LogP contribution in [0.4, 0.5) is 10.1 Å². The number of aromatic nitrogens is 1. The Labute approximate surface area is 136 Å². The Balaban J connectivity index is 1.43. The Bertz CT molecular complexity index is 616. The molecule has 0 spiro atoms. The van der Waals surface area contributed by atoms with Crippen LogP contribution in [0, 0.1) is 5.82 Å². The summed E-state index contributed by atoms with van der Waals surface area (Å²) < 4.78 is 15.1. The van der Waals surface area contributed by atoms with Crippen LogP contribution in [0.15, 0.2) is 48.8 Å². The van der Waals surface area contributed by atoms with E-state index in [4.69, 9.17) is 0 Å². The average Bonchev–Trinajstić information content (AvgIpc) is 3.09. The number of rotatable bonds is 5. The van der Waals surface area contributed by atoms with Crippen molar-refractivity contribution < 1.29 is 9.18 Å². The second-order valence-corrected chi connectivity index (χ2v) is 5.87. The maximum atomic E-state index is 13.0. The summed E-state index contributed by atoms with van der Waals surface area (Å²) in [5.74, 6) is 0.0150. The molecule has 0 radical (unpaired) electrons. The quantitative estimate of drug-likeness (QED) is 0.849. The summed E-state index contributed by atoms with van der Waals surface area (Å²) in [6, 6.07) is 10.5. The van der Waals surface area contributed by atoms with Crippen LogP contribution in [-0.4, -0.2) is 41.6 Å². The zero-order valence-electron chi connectivity index (χ0n) is 13.2. The second-order valence-electron chi connectivity index (χ2n) is 5.87. The largest absolute Gasteiger partial charge is 0.368 e. The Morgan fingerprint density at radius 1 is 1.00 bits per heavy atom. The zero-order chi connectivity index (χ0) is 16.1. The van der Waals surface area contributed by atoms with Crippen LogP contribution in [0.25, 0.3) is 0 Å². The molecule has 0 N–H and O–H groups in total. The highest BCUT2D eigenvalue weighted by Gasteiger charge is 2.20. The first kappa shape index (κ1) is 15.6. The fourth-order valence-electron chi connectivity index (χ4n) is 2.96. The Kier molecular flexibility index (Phi) is 4.95. The molecule has 23 heavy (non-hydrogen) atoms. The summed E-state index contributed by atoms with van der Waals surface area (Å²) in [7, 11) is 0. The number of hydrogen-bond donors (Lipinski definition) is 0. The predicted molar refractivity (Wildman–Crippen MR) is 88.9 cm³/mol. The van der Waals surface area contributed by atoms with E-state index in [1.54, 1.807) is 12.1 Å². The molecule has 1 amide bonds. The summed E-state index contributed by atoms with van der Waals surface area (Å²) >= 11 is 0. The van der Waals surface area contributed by atoms with Crippen LogP contribution in [0.3, 0.4) is 0 Å². The molecule has 1 aromatic heterocycles. The van der Waals surface area contributed by atoms with Crippen molar-refractivity contribution in [3.63, 3.8) is 0 Å². The monoisotopic (exact) mass is 315 g/mol. The van der Waals surface area contributed by atoms with E-state index in [2.05, 4.69) is 9.47 Å². The normalized spacial score (nSPS) is 15.0. The lowest BCUT2D eigenvalue weighted by Gasteiger charge is -2.36. The van der Waals surface area contributed by atoms with Crippen LogP contribution in [-0.2, 0) is 11.3 Å². The van der Waals surface area contributed by atoms with E-state index < -0.39 is 0 Å². The van der Waals surface area contributed by atoms with Crippen LogP contribution >= 0.6 is 0 Å². The molecule has 1 aromatic carbocycles. The molecule has 2 aromatic rings. The summed E-state index contributed by atoms with van der Waals surface area (Å²) in [6.07, 6.45) is 5.50. The minimum Gasteiger partial charge on any atom is -0.368 e. The summed E-state index contributed by atoms with van der Waals surface area (Å²) in [5.41, 5.74) is 1.02. The first-order valence-corrected chi connectivity index (χ1v) is 8.11. The second kappa shape index (κ2) is 7.31. The summed E-state index contributed by atoms with van der Waals surface area (Å²) in [5, 5.41) is 0. The lowest BCUT2D eigenvalue weighted by molar-refractivity contribution is -0.131. The van der Waals surface area contributed by atoms with E-state index in [9.17, 15) is 9.18 Å². The molecule has 3 rings (SSSR count). The average molecular weight is 315 g/mol. The molecular weight excluding hydrogens is 293 g/mol. The first-order chi connectivity index (χ1) is 11.2. The van der Waals surface area contributed by atoms with Gasteiger partial charge in [0, 0.05) is 57.2 Å². The smallest absolute Gasteiger partial charge is 0.222 e. The van der Waals surface area contributed by atoms with Gasteiger partial charge in [-0.2, -0.15) is 0 Å². The van der Waals surface area contributed by atoms with Gasteiger partial charge >= 0.3 is 0 Å². The molecule has 2 heterocycles. The number of aryl methyl sites for hydroxylation is 1. The lowest BCUT2D eigenvalue weighted by atomic mass is 10.2. The molecule has 0 unspecified atom stereocenters. The standard InChI is InChI=1S/C18H22FN3O/c19-16-5-7-17(8-6-16)21-12-14-22(15-13-21)18(23)4-3-11-20-9-1-2-10-20/h1-2,5-10H,3-4,11-15H2.